The first-order chi connectivity index (χ1) is 5.44. The van der Waals surface area contributed by atoms with Gasteiger partial charge in [-0.2, -0.15) is 0 Å². The minimum Gasteiger partial charge on any atom is -0.350 e. The maximum absolute atomic E-state index is 11.4. The molecule has 12 heavy (non-hydrogen) atoms. The van der Waals surface area contributed by atoms with Crippen molar-refractivity contribution < 1.29 is 4.79 Å². The fourth-order valence-electron chi connectivity index (χ4n) is 0.554. The minimum absolute atomic E-state index is 0.00308. The first-order valence-electron chi connectivity index (χ1n) is 4.07. The smallest absolute Gasteiger partial charge is 0.227 e. The van der Waals surface area contributed by atoms with Crippen LogP contribution in [0.25, 0.3) is 0 Å². The molecule has 0 saturated heterocycles. The van der Waals surface area contributed by atoms with E-state index < -0.39 is 5.41 Å². The Morgan fingerprint density at radius 1 is 1.75 bits per heavy atom. The molecule has 3 N–H and O–H groups in total. The molecular formula is C9H18N2O. The second-order valence-electron chi connectivity index (χ2n) is 3.59. The summed E-state index contributed by atoms with van der Waals surface area (Å²) < 4.78 is 0. The van der Waals surface area contributed by atoms with Crippen LogP contribution < -0.4 is 11.1 Å². The molecule has 0 saturated carbocycles. The van der Waals surface area contributed by atoms with Gasteiger partial charge in [0.15, 0.2) is 0 Å². The van der Waals surface area contributed by atoms with E-state index in [0.717, 1.165) is 0 Å². The number of carbonyl (C=O) groups is 1. The van der Waals surface area contributed by atoms with Gasteiger partial charge < -0.3 is 11.1 Å². The lowest BCUT2D eigenvalue weighted by Crippen LogP contribution is -2.44. The number of carbonyl (C=O) groups excluding carboxylic acids is 1. The molecule has 70 valence electrons. The molecule has 3 heteroatoms. The summed E-state index contributed by atoms with van der Waals surface area (Å²) in [4.78, 5) is 11.4. The third-order valence-electron chi connectivity index (χ3n) is 1.84. The molecule has 0 aromatic rings. The Hall–Kier alpha value is -0.830. The molecule has 0 aromatic heterocycles. The summed E-state index contributed by atoms with van der Waals surface area (Å²) in [6, 6.07) is 0.00308. The Labute approximate surface area is 74.0 Å². The maximum atomic E-state index is 11.4. The van der Waals surface area contributed by atoms with Crippen LogP contribution in [0.5, 0.6) is 0 Å². The molecule has 1 atom stereocenters. The molecular weight excluding hydrogens is 152 g/mol. The first-order valence-corrected chi connectivity index (χ1v) is 4.07. The summed E-state index contributed by atoms with van der Waals surface area (Å²) in [6.45, 7) is 9.43. The molecule has 0 radical (unpaired) electrons. The van der Waals surface area contributed by atoms with Crippen molar-refractivity contribution in [3.63, 3.8) is 0 Å². The zero-order chi connectivity index (χ0) is 9.78. The maximum Gasteiger partial charge on any atom is 0.227 e. The SMILES string of the molecule is C=CC(C)NC(=O)C(C)(C)CN. The quantitative estimate of drug-likeness (QED) is 0.609. The standard InChI is InChI=1S/C9H18N2O/c1-5-7(2)11-8(12)9(3,4)6-10/h5,7H,1,6,10H2,2-4H3,(H,11,12). The lowest BCUT2D eigenvalue weighted by atomic mass is 9.92. The summed E-state index contributed by atoms with van der Waals surface area (Å²) in [6.07, 6.45) is 1.69. The Morgan fingerprint density at radius 2 is 2.25 bits per heavy atom. The van der Waals surface area contributed by atoms with Crippen LogP contribution in [0.15, 0.2) is 12.7 Å². The number of hydrogen-bond acceptors (Lipinski definition) is 2. The van der Waals surface area contributed by atoms with Gasteiger partial charge in [-0.1, -0.05) is 6.08 Å². The zero-order valence-electron chi connectivity index (χ0n) is 8.05. The summed E-state index contributed by atoms with van der Waals surface area (Å²) in [7, 11) is 0. The third-order valence-corrected chi connectivity index (χ3v) is 1.84. The Bertz CT molecular complexity index is 175. The second-order valence-corrected chi connectivity index (χ2v) is 3.59. The summed E-state index contributed by atoms with van der Waals surface area (Å²) in [5, 5.41) is 2.78. The van der Waals surface area contributed by atoms with Crippen LogP contribution in [0.3, 0.4) is 0 Å². The van der Waals surface area contributed by atoms with Gasteiger partial charge in [0.25, 0.3) is 0 Å². The predicted octanol–water partition coefficient (Wildman–Crippen LogP) is 0.662. The highest BCUT2D eigenvalue weighted by molar-refractivity contribution is 5.82. The molecule has 3 nitrogen and oxygen atoms in total. The number of rotatable bonds is 4. The molecule has 0 aliphatic rings. The van der Waals surface area contributed by atoms with Gasteiger partial charge in [0.2, 0.25) is 5.91 Å². The van der Waals surface area contributed by atoms with Gasteiger partial charge in [-0.05, 0) is 20.8 Å². The molecule has 1 unspecified atom stereocenters. The van der Waals surface area contributed by atoms with Crippen molar-refractivity contribution in [3.8, 4) is 0 Å². The van der Waals surface area contributed by atoms with Gasteiger partial charge in [-0.15, -0.1) is 6.58 Å². The molecule has 0 aliphatic carbocycles. The Balaban J connectivity index is 4.12. The van der Waals surface area contributed by atoms with Crippen molar-refractivity contribution in [1.29, 1.82) is 0 Å². The Morgan fingerprint density at radius 3 is 2.58 bits per heavy atom. The zero-order valence-corrected chi connectivity index (χ0v) is 8.05. The summed E-state index contributed by atoms with van der Waals surface area (Å²) in [5.74, 6) is -0.0302. The highest BCUT2D eigenvalue weighted by Crippen LogP contribution is 2.12. The van der Waals surface area contributed by atoms with E-state index in [-0.39, 0.29) is 11.9 Å². The van der Waals surface area contributed by atoms with Gasteiger partial charge >= 0.3 is 0 Å². The monoisotopic (exact) mass is 170 g/mol. The van der Waals surface area contributed by atoms with Gasteiger partial charge in [-0.3, -0.25) is 4.79 Å². The number of nitrogens with one attached hydrogen (secondary N) is 1. The van der Waals surface area contributed by atoms with Gasteiger partial charge in [0.05, 0.1) is 5.41 Å². The van der Waals surface area contributed by atoms with Crippen molar-refractivity contribution in [3.05, 3.63) is 12.7 Å². The van der Waals surface area contributed by atoms with Gasteiger partial charge in [0.1, 0.15) is 0 Å². The van der Waals surface area contributed by atoms with Crippen LogP contribution in [0.4, 0.5) is 0 Å². The predicted molar refractivity (Wildman–Crippen MR) is 50.6 cm³/mol. The summed E-state index contributed by atoms with van der Waals surface area (Å²) in [5.41, 5.74) is 4.95. The normalized spacial score (nSPS) is 13.7. The number of amides is 1. The van der Waals surface area contributed by atoms with Crippen molar-refractivity contribution in [2.45, 2.75) is 26.8 Å². The lowest BCUT2D eigenvalue weighted by molar-refractivity contribution is -0.129. The molecule has 1 amide bonds. The second kappa shape index (κ2) is 4.26. The summed E-state index contributed by atoms with van der Waals surface area (Å²) >= 11 is 0. The van der Waals surface area contributed by atoms with Crippen LogP contribution in [0.2, 0.25) is 0 Å². The van der Waals surface area contributed by atoms with E-state index in [1.54, 1.807) is 6.08 Å². The first kappa shape index (κ1) is 11.2. The third kappa shape index (κ3) is 3.05. The molecule has 0 spiro atoms. The van der Waals surface area contributed by atoms with Crippen LogP contribution in [-0.4, -0.2) is 18.5 Å². The fourth-order valence-corrected chi connectivity index (χ4v) is 0.554. The van der Waals surface area contributed by atoms with E-state index in [9.17, 15) is 4.79 Å². The van der Waals surface area contributed by atoms with E-state index in [1.807, 2.05) is 20.8 Å². The molecule has 0 fully saturated rings. The van der Waals surface area contributed by atoms with E-state index in [0.29, 0.717) is 6.54 Å². The average molecular weight is 170 g/mol. The van der Waals surface area contributed by atoms with Gasteiger partial charge in [-0.25, -0.2) is 0 Å². The molecule has 0 heterocycles. The fraction of sp³-hybridized carbons (Fsp3) is 0.667. The topological polar surface area (TPSA) is 55.1 Å². The van der Waals surface area contributed by atoms with Crippen molar-refractivity contribution in [1.82, 2.24) is 5.32 Å². The minimum atomic E-state index is -0.489. The van der Waals surface area contributed by atoms with E-state index >= 15 is 0 Å². The number of nitrogens with two attached hydrogens (primary N) is 1. The highest BCUT2D eigenvalue weighted by atomic mass is 16.2. The largest absolute Gasteiger partial charge is 0.350 e. The van der Waals surface area contributed by atoms with Crippen molar-refractivity contribution in [2.75, 3.05) is 6.54 Å². The van der Waals surface area contributed by atoms with E-state index in [1.165, 1.54) is 0 Å². The van der Waals surface area contributed by atoms with Crippen LogP contribution in [0.1, 0.15) is 20.8 Å². The van der Waals surface area contributed by atoms with Crippen LogP contribution in [0, 0.1) is 5.41 Å². The van der Waals surface area contributed by atoms with Gasteiger partial charge in [0, 0.05) is 12.6 Å². The van der Waals surface area contributed by atoms with Crippen molar-refractivity contribution in [2.24, 2.45) is 11.1 Å². The molecule has 0 rings (SSSR count). The van der Waals surface area contributed by atoms with E-state index in [4.69, 9.17) is 5.73 Å². The van der Waals surface area contributed by atoms with Crippen molar-refractivity contribution >= 4 is 5.91 Å². The molecule has 0 bridgehead atoms. The van der Waals surface area contributed by atoms with Crippen LogP contribution >= 0.6 is 0 Å². The molecule has 0 aliphatic heterocycles. The molecule has 0 aromatic carbocycles. The average Bonchev–Trinajstić information content (AvgIpc) is 2.04. The van der Waals surface area contributed by atoms with E-state index in [2.05, 4.69) is 11.9 Å². The van der Waals surface area contributed by atoms with Crippen LogP contribution in [-0.2, 0) is 4.79 Å². The highest BCUT2D eigenvalue weighted by Gasteiger charge is 2.25. The number of hydrogen-bond donors (Lipinski definition) is 2. The Kier molecular flexibility index (Phi) is 3.96. The lowest BCUT2D eigenvalue weighted by Gasteiger charge is -2.22.